The molecule has 0 radical (unpaired) electrons. The van der Waals surface area contributed by atoms with Crippen LogP contribution >= 0.6 is 0 Å². The second-order valence-electron chi connectivity index (χ2n) is 17.7. The van der Waals surface area contributed by atoms with Gasteiger partial charge in [0.1, 0.15) is 18.2 Å². The summed E-state index contributed by atoms with van der Waals surface area (Å²) in [6, 6.07) is 54.0. The molecule has 2 atom stereocenters. The van der Waals surface area contributed by atoms with Gasteiger partial charge in [-0.3, -0.25) is 0 Å². The third-order valence-electron chi connectivity index (χ3n) is 15.0. The van der Waals surface area contributed by atoms with Crippen molar-refractivity contribution < 1.29 is 13.6 Å². The zero-order valence-corrected chi connectivity index (χ0v) is 35.9. The molecule has 0 saturated carbocycles. The van der Waals surface area contributed by atoms with Crippen LogP contribution in [0.2, 0.25) is 0 Å². The Kier molecular flexibility index (Phi) is 8.00. The average molecular weight is 804 g/mol. The summed E-state index contributed by atoms with van der Waals surface area (Å²) in [7, 11) is 2.15. The highest BCUT2D eigenvalue weighted by Gasteiger charge is 2.60. The van der Waals surface area contributed by atoms with Gasteiger partial charge in [0, 0.05) is 63.2 Å². The van der Waals surface area contributed by atoms with Gasteiger partial charge in [-0.2, -0.15) is 4.57 Å². The maximum atomic E-state index is 6.93. The minimum atomic E-state index is -0.380. The number of benzene rings is 6. The highest BCUT2D eigenvalue weighted by Crippen LogP contribution is 2.56. The molecule has 0 saturated heterocycles. The maximum Gasteiger partial charge on any atom is 0.213 e. The van der Waals surface area contributed by atoms with E-state index in [4.69, 9.17) is 11.0 Å². The van der Waals surface area contributed by atoms with Crippen molar-refractivity contribution in [3.63, 3.8) is 0 Å². The normalized spacial score (nSPS) is 17.5. The molecule has 0 spiro atoms. The minimum absolute atomic E-state index is 0.293. The van der Waals surface area contributed by atoms with Crippen LogP contribution in [0, 0.1) is 6.92 Å². The van der Waals surface area contributed by atoms with E-state index in [1.54, 1.807) is 0 Å². The van der Waals surface area contributed by atoms with Crippen LogP contribution in [-0.2, 0) is 24.4 Å². The minimum Gasteiger partial charge on any atom is -0.455 e. The van der Waals surface area contributed by atoms with E-state index in [1.807, 2.05) is 0 Å². The van der Waals surface area contributed by atoms with E-state index < -0.39 is 0 Å². The lowest BCUT2D eigenvalue weighted by molar-refractivity contribution is -0.757. The fourth-order valence-corrected chi connectivity index (χ4v) is 12.0. The zero-order valence-electron chi connectivity index (χ0n) is 35.9. The number of allylic oxidation sites excluding steroid dienone is 1. The van der Waals surface area contributed by atoms with Gasteiger partial charge in [0.15, 0.2) is 17.9 Å². The number of fused-ring (bicyclic) bond motifs is 13. The Morgan fingerprint density at radius 3 is 2.27 bits per heavy atom. The summed E-state index contributed by atoms with van der Waals surface area (Å²) in [5, 5.41) is 7.24. The van der Waals surface area contributed by atoms with E-state index in [0.29, 0.717) is 0 Å². The Morgan fingerprint density at radius 2 is 1.45 bits per heavy atom. The molecular formula is C58H49N3O+2. The number of hydrogen-bond donors (Lipinski definition) is 0. The van der Waals surface area contributed by atoms with E-state index in [1.165, 1.54) is 88.4 Å². The Morgan fingerprint density at radius 1 is 0.645 bits per heavy atom. The standard InChI is InChI=1S/C58H49N3O/c1-6-57(29-27-39-20-12-13-21-41(39)49-23-16-17-30-59(49)5)48-36-52-47(35-46(48)51-32-37(4)28-31-60(51)58(57,7-2)8-3)54-55-44(34-45-42-22-14-15-24-53(42)62-56(45)54)43-33-40(25-26-50(43)61(52)55)38-18-10-9-11-19-38/h7,9-26,28,30-36H,2,6,8,27,29H2,1,3-5H3/q+2. The molecule has 62 heavy (non-hydrogen) atoms. The lowest BCUT2D eigenvalue weighted by Crippen LogP contribution is -2.69. The molecule has 0 N–H and O–H groups in total. The number of para-hydroxylation sites is 1. The highest BCUT2D eigenvalue weighted by molar-refractivity contribution is 6.33. The molecule has 0 fully saturated rings. The third-order valence-corrected chi connectivity index (χ3v) is 15.0. The third kappa shape index (κ3) is 4.84. The molecule has 6 heterocycles. The molecule has 1 aliphatic rings. The van der Waals surface area contributed by atoms with Crippen molar-refractivity contribution in [2.24, 2.45) is 7.05 Å². The number of aryl methyl sites for hydroxylation is 3. The van der Waals surface area contributed by atoms with Crippen molar-refractivity contribution in [3.05, 3.63) is 187 Å². The smallest absolute Gasteiger partial charge is 0.213 e. The molecular weight excluding hydrogens is 755 g/mol. The summed E-state index contributed by atoms with van der Waals surface area (Å²) >= 11 is 0. The summed E-state index contributed by atoms with van der Waals surface area (Å²) < 4.78 is 14.3. The van der Waals surface area contributed by atoms with Crippen molar-refractivity contribution in [1.82, 2.24) is 4.40 Å². The van der Waals surface area contributed by atoms with E-state index in [9.17, 15) is 0 Å². The van der Waals surface area contributed by atoms with Crippen molar-refractivity contribution in [1.29, 1.82) is 0 Å². The molecule has 0 bridgehead atoms. The van der Waals surface area contributed by atoms with Gasteiger partial charge in [-0.15, -0.1) is 0 Å². The van der Waals surface area contributed by atoms with Gasteiger partial charge in [-0.1, -0.05) is 93.2 Å². The van der Waals surface area contributed by atoms with Crippen LogP contribution in [0.5, 0.6) is 0 Å². The summed E-state index contributed by atoms with van der Waals surface area (Å²) in [6.45, 7) is 11.7. The molecule has 4 heteroatoms. The van der Waals surface area contributed by atoms with Crippen LogP contribution in [0.4, 0.5) is 0 Å². The number of nitrogens with zero attached hydrogens (tertiary/aromatic N) is 3. The summed E-state index contributed by atoms with van der Waals surface area (Å²) in [6.07, 6.45) is 10.5. The predicted octanol–water partition coefficient (Wildman–Crippen LogP) is 13.7. The van der Waals surface area contributed by atoms with Crippen molar-refractivity contribution in [2.75, 3.05) is 0 Å². The van der Waals surface area contributed by atoms with Gasteiger partial charge >= 0.3 is 0 Å². The number of pyridine rings is 2. The monoisotopic (exact) mass is 803 g/mol. The van der Waals surface area contributed by atoms with Gasteiger partial charge in [-0.05, 0) is 109 Å². The van der Waals surface area contributed by atoms with Crippen molar-refractivity contribution in [2.45, 2.75) is 57.4 Å². The first-order valence-electron chi connectivity index (χ1n) is 22.3. The molecule has 6 aromatic carbocycles. The average Bonchev–Trinajstić information content (AvgIpc) is 3.97. The summed E-state index contributed by atoms with van der Waals surface area (Å²) in [4.78, 5) is 0. The van der Waals surface area contributed by atoms with E-state index in [0.717, 1.165) is 47.6 Å². The van der Waals surface area contributed by atoms with Crippen LogP contribution in [0.15, 0.2) is 175 Å². The van der Waals surface area contributed by atoms with Gasteiger partial charge < -0.3 is 8.82 Å². The van der Waals surface area contributed by atoms with Crippen LogP contribution in [0.1, 0.15) is 49.8 Å². The van der Waals surface area contributed by atoms with Crippen LogP contribution in [0.3, 0.4) is 0 Å². The molecule has 2 unspecified atom stereocenters. The van der Waals surface area contributed by atoms with Crippen molar-refractivity contribution in [3.8, 4) is 33.6 Å². The fraction of sp³-hybridized carbons (Fsp3) is 0.172. The topological polar surface area (TPSA) is 25.3 Å². The molecule has 12 rings (SSSR count). The maximum absolute atomic E-state index is 6.93. The van der Waals surface area contributed by atoms with Gasteiger partial charge in [0.2, 0.25) is 11.4 Å². The second-order valence-corrected chi connectivity index (χ2v) is 17.7. The Labute approximate surface area is 362 Å². The number of furan rings is 1. The van der Waals surface area contributed by atoms with Gasteiger partial charge in [0.25, 0.3) is 0 Å². The largest absolute Gasteiger partial charge is 0.455 e. The molecule has 11 aromatic rings. The lowest BCUT2D eigenvalue weighted by Gasteiger charge is -2.49. The first-order chi connectivity index (χ1) is 30.4. The number of rotatable bonds is 8. The first-order valence-corrected chi connectivity index (χ1v) is 22.3. The van der Waals surface area contributed by atoms with Crippen LogP contribution < -0.4 is 9.13 Å². The molecule has 0 amide bonds. The van der Waals surface area contributed by atoms with Crippen LogP contribution in [-0.4, -0.2) is 4.40 Å². The molecule has 4 nitrogen and oxygen atoms in total. The van der Waals surface area contributed by atoms with E-state index >= 15 is 0 Å². The number of aromatic nitrogens is 3. The Bertz CT molecular complexity index is 3610. The van der Waals surface area contributed by atoms with Crippen molar-refractivity contribution >= 4 is 60.0 Å². The zero-order chi connectivity index (χ0) is 41.9. The number of hydrogen-bond acceptors (Lipinski definition) is 1. The highest BCUT2D eigenvalue weighted by atomic mass is 16.3. The molecule has 1 aliphatic heterocycles. The van der Waals surface area contributed by atoms with E-state index in [-0.39, 0.29) is 11.0 Å². The predicted molar refractivity (Wildman–Crippen MR) is 256 cm³/mol. The lowest BCUT2D eigenvalue weighted by atomic mass is 9.56. The van der Waals surface area contributed by atoms with Crippen LogP contribution in [0.25, 0.3) is 93.7 Å². The Hall–Kier alpha value is -7.04. The molecule has 5 aromatic heterocycles. The van der Waals surface area contributed by atoms with Gasteiger partial charge in [-0.25, -0.2) is 4.57 Å². The first kappa shape index (κ1) is 36.8. The SMILES string of the molecule is C=CC1(CC)[n+]2ccc(C)cc2-c2cc3c4c5oc6ccccc6c5cc5c6cc(-c7ccccc7)ccc6n(c3cc2C1(CC)CCc1ccccc1-c1cccc[n+]1C)c54. The summed E-state index contributed by atoms with van der Waals surface area (Å²) in [5.74, 6) is 0. The fourth-order valence-electron chi connectivity index (χ4n) is 12.0. The molecule has 0 aliphatic carbocycles. The summed E-state index contributed by atoms with van der Waals surface area (Å²) in [5.41, 5.74) is 16.4. The quantitative estimate of drug-likeness (QED) is 0.111. The van der Waals surface area contributed by atoms with E-state index in [2.05, 4.69) is 205 Å². The second kappa shape index (κ2) is 13.5. The molecule has 300 valence electrons. The Balaban J connectivity index is 1.19. The van der Waals surface area contributed by atoms with Gasteiger partial charge in [0.05, 0.1) is 32.9 Å².